The molecule has 0 saturated carbocycles. The Labute approximate surface area is 266 Å². The molecular formula is C36H41N3O5S. The van der Waals surface area contributed by atoms with Gasteiger partial charge in [-0.15, -0.1) is 0 Å². The molecule has 0 bridgehead atoms. The number of carbonyl (C=O) groups is 2. The molecule has 0 spiro atoms. The van der Waals surface area contributed by atoms with E-state index in [0.29, 0.717) is 30.0 Å². The monoisotopic (exact) mass is 627 g/mol. The molecule has 9 heteroatoms. The summed E-state index contributed by atoms with van der Waals surface area (Å²) in [5.41, 5.74) is 1.31. The van der Waals surface area contributed by atoms with Gasteiger partial charge in [-0.25, -0.2) is 8.42 Å². The zero-order chi connectivity index (χ0) is 32.2. The van der Waals surface area contributed by atoms with Gasteiger partial charge in [-0.3, -0.25) is 13.9 Å². The fourth-order valence-corrected chi connectivity index (χ4v) is 6.33. The molecule has 4 rings (SSSR count). The number of sulfonamides is 1. The summed E-state index contributed by atoms with van der Waals surface area (Å²) in [5.74, 6) is 0.435. The van der Waals surface area contributed by atoms with Crippen LogP contribution in [-0.4, -0.2) is 50.3 Å². The van der Waals surface area contributed by atoms with E-state index in [9.17, 15) is 18.0 Å². The van der Waals surface area contributed by atoms with Crippen LogP contribution in [0.3, 0.4) is 0 Å². The van der Waals surface area contributed by atoms with Crippen LogP contribution in [0.4, 0.5) is 5.69 Å². The molecule has 0 heterocycles. The predicted octanol–water partition coefficient (Wildman–Crippen LogP) is 6.44. The summed E-state index contributed by atoms with van der Waals surface area (Å²) in [6.45, 7) is 5.51. The Morgan fingerprint density at radius 1 is 0.756 bits per heavy atom. The molecule has 45 heavy (non-hydrogen) atoms. The van der Waals surface area contributed by atoms with Crippen molar-refractivity contribution in [3.63, 3.8) is 0 Å². The van der Waals surface area contributed by atoms with Crippen molar-refractivity contribution in [1.82, 2.24) is 10.2 Å². The van der Waals surface area contributed by atoms with Gasteiger partial charge in [0.05, 0.1) is 10.6 Å². The second-order valence-electron chi connectivity index (χ2n) is 10.8. The lowest BCUT2D eigenvalue weighted by Crippen LogP contribution is -2.54. The Balaban J connectivity index is 1.68. The van der Waals surface area contributed by atoms with Crippen LogP contribution in [0.25, 0.3) is 0 Å². The first kappa shape index (κ1) is 33.3. The zero-order valence-corrected chi connectivity index (χ0v) is 26.8. The fourth-order valence-electron chi connectivity index (χ4n) is 4.89. The third-order valence-electron chi connectivity index (χ3n) is 7.58. The van der Waals surface area contributed by atoms with Crippen LogP contribution in [0.2, 0.25) is 0 Å². The van der Waals surface area contributed by atoms with Crippen LogP contribution in [0.5, 0.6) is 11.5 Å². The number of para-hydroxylation sites is 1. The lowest BCUT2D eigenvalue weighted by Gasteiger charge is -2.33. The number of nitrogens with zero attached hydrogens (tertiary/aromatic N) is 2. The number of carbonyl (C=O) groups excluding carboxylic acids is 2. The number of rotatable bonds is 15. The van der Waals surface area contributed by atoms with Gasteiger partial charge in [0.1, 0.15) is 24.1 Å². The van der Waals surface area contributed by atoms with Crippen LogP contribution in [0.15, 0.2) is 120 Å². The third kappa shape index (κ3) is 8.95. The summed E-state index contributed by atoms with van der Waals surface area (Å²) in [6, 6.07) is 32.7. The molecular weight excluding hydrogens is 586 g/mol. The maximum absolute atomic E-state index is 14.2. The van der Waals surface area contributed by atoms with E-state index in [0.717, 1.165) is 16.3 Å². The molecule has 1 N–H and O–H groups in total. The van der Waals surface area contributed by atoms with Crippen molar-refractivity contribution in [1.29, 1.82) is 0 Å². The molecule has 0 unspecified atom stereocenters. The molecule has 0 saturated heterocycles. The lowest BCUT2D eigenvalue weighted by atomic mass is 10.1. The fraction of sp³-hybridized carbons (Fsp3) is 0.278. The van der Waals surface area contributed by atoms with Gasteiger partial charge in [0, 0.05) is 12.6 Å². The smallest absolute Gasteiger partial charge is 0.264 e. The van der Waals surface area contributed by atoms with E-state index in [1.165, 1.54) is 17.0 Å². The SMILES string of the molecule is CC[C@H](C)NC(=O)[C@H](CC)N(CCc1ccccc1)C(=O)CN(c1ccc(Oc2ccccc2)cc1)S(=O)(=O)c1ccccc1. The van der Waals surface area contributed by atoms with Crippen LogP contribution >= 0.6 is 0 Å². The van der Waals surface area contributed by atoms with Crippen molar-refractivity contribution < 1.29 is 22.7 Å². The minimum Gasteiger partial charge on any atom is -0.457 e. The van der Waals surface area contributed by atoms with Gasteiger partial charge in [0.15, 0.2) is 0 Å². The highest BCUT2D eigenvalue weighted by Crippen LogP contribution is 2.28. The topological polar surface area (TPSA) is 96.0 Å². The number of amides is 2. The average molecular weight is 628 g/mol. The molecule has 0 aromatic heterocycles. The normalized spacial score (nSPS) is 12.5. The summed E-state index contributed by atoms with van der Waals surface area (Å²) >= 11 is 0. The Morgan fingerprint density at radius 2 is 1.31 bits per heavy atom. The standard InChI is InChI=1S/C36H41N3O5S/c1-4-28(3)37-36(41)34(5-2)38(26-25-29-15-9-6-10-16-29)35(40)27-39(45(42,43)33-19-13-8-14-20-33)30-21-23-32(24-22-30)44-31-17-11-7-12-18-31/h6-24,28,34H,4-5,25-27H2,1-3H3,(H,37,41)/t28-,34-/m0/s1. The van der Waals surface area contributed by atoms with E-state index >= 15 is 0 Å². The van der Waals surface area contributed by atoms with E-state index in [1.54, 1.807) is 42.5 Å². The number of hydrogen-bond acceptors (Lipinski definition) is 5. The highest BCUT2D eigenvalue weighted by Gasteiger charge is 2.33. The van der Waals surface area contributed by atoms with Crippen LogP contribution in [-0.2, 0) is 26.0 Å². The molecule has 2 atom stereocenters. The Bertz CT molecular complexity index is 1620. The predicted molar refractivity (Wildman–Crippen MR) is 178 cm³/mol. The van der Waals surface area contributed by atoms with Crippen molar-refractivity contribution >= 4 is 27.5 Å². The zero-order valence-electron chi connectivity index (χ0n) is 26.0. The maximum Gasteiger partial charge on any atom is 0.264 e. The minimum atomic E-state index is -4.15. The van der Waals surface area contributed by atoms with E-state index in [4.69, 9.17) is 4.74 Å². The van der Waals surface area contributed by atoms with Crippen molar-refractivity contribution in [3.05, 3.63) is 121 Å². The Kier molecular flexibility index (Phi) is 11.8. The van der Waals surface area contributed by atoms with Gasteiger partial charge in [0.25, 0.3) is 10.0 Å². The number of anilines is 1. The van der Waals surface area contributed by atoms with Crippen LogP contribution in [0.1, 0.15) is 39.2 Å². The molecule has 0 aliphatic heterocycles. The minimum absolute atomic E-state index is 0.0554. The number of benzene rings is 4. The van der Waals surface area contributed by atoms with Gasteiger partial charge in [0.2, 0.25) is 11.8 Å². The van der Waals surface area contributed by atoms with Crippen molar-refractivity contribution in [2.75, 3.05) is 17.4 Å². The molecule has 4 aromatic carbocycles. The molecule has 2 amide bonds. The highest BCUT2D eigenvalue weighted by atomic mass is 32.2. The summed E-state index contributed by atoms with van der Waals surface area (Å²) in [4.78, 5) is 29.2. The van der Waals surface area contributed by atoms with Gasteiger partial charge in [-0.2, -0.15) is 0 Å². The first-order chi connectivity index (χ1) is 21.7. The molecule has 0 fully saturated rings. The van der Waals surface area contributed by atoms with Crippen molar-refractivity contribution in [3.8, 4) is 11.5 Å². The summed E-state index contributed by atoms with van der Waals surface area (Å²) in [5, 5.41) is 3.00. The maximum atomic E-state index is 14.2. The highest BCUT2D eigenvalue weighted by molar-refractivity contribution is 7.92. The quantitative estimate of drug-likeness (QED) is 0.164. The van der Waals surface area contributed by atoms with E-state index in [-0.39, 0.29) is 23.4 Å². The van der Waals surface area contributed by atoms with Gasteiger partial charge >= 0.3 is 0 Å². The average Bonchev–Trinajstić information content (AvgIpc) is 3.07. The molecule has 4 aromatic rings. The summed E-state index contributed by atoms with van der Waals surface area (Å²) in [6.07, 6.45) is 1.63. The molecule has 0 radical (unpaired) electrons. The largest absolute Gasteiger partial charge is 0.457 e. The van der Waals surface area contributed by atoms with Crippen LogP contribution in [0, 0.1) is 0 Å². The van der Waals surface area contributed by atoms with Gasteiger partial charge in [-0.1, -0.05) is 80.6 Å². The molecule has 8 nitrogen and oxygen atoms in total. The first-order valence-corrected chi connectivity index (χ1v) is 16.7. The molecule has 0 aliphatic carbocycles. The van der Waals surface area contributed by atoms with E-state index in [2.05, 4.69) is 5.32 Å². The van der Waals surface area contributed by atoms with E-state index < -0.39 is 28.5 Å². The number of hydrogen-bond donors (Lipinski definition) is 1. The third-order valence-corrected chi connectivity index (χ3v) is 9.37. The molecule has 236 valence electrons. The van der Waals surface area contributed by atoms with Gasteiger partial charge in [-0.05, 0) is 80.3 Å². The second-order valence-corrected chi connectivity index (χ2v) is 12.7. The number of nitrogens with one attached hydrogen (secondary N) is 1. The van der Waals surface area contributed by atoms with Crippen molar-refractivity contribution in [2.24, 2.45) is 0 Å². The van der Waals surface area contributed by atoms with Crippen LogP contribution < -0.4 is 14.4 Å². The first-order valence-electron chi connectivity index (χ1n) is 15.3. The van der Waals surface area contributed by atoms with Crippen molar-refractivity contribution in [2.45, 2.75) is 57.0 Å². The summed E-state index contributed by atoms with van der Waals surface area (Å²) < 4.78 is 35.1. The van der Waals surface area contributed by atoms with Gasteiger partial charge < -0.3 is 15.0 Å². The second kappa shape index (κ2) is 15.9. The number of ether oxygens (including phenoxy) is 1. The molecule has 0 aliphatic rings. The summed E-state index contributed by atoms with van der Waals surface area (Å²) in [7, 11) is -4.15. The Hall–Kier alpha value is -4.63. The lowest BCUT2D eigenvalue weighted by molar-refractivity contribution is -0.139. The van der Waals surface area contributed by atoms with E-state index in [1.807, 2.05) is 81.4 Å². The Morgan fingerprint density at radius 3 is 1.89 bits per heavy atom.